The molecule has 2 aliphatic carbocycles. The van der Waals surface area contributed by atoms with Crippen LogP contribution in [0.2, 0.25) is 0 Å². The molecular formula is C30H31N3O3. The minimum absolute atomic E-state index is 0.145. The van der Waals surface area contributed by atoms with Crippen molar-refractivity contribution in [2.75, 3.05) is 19.6 Å². The standard InChI is InChI=1S/C30H31N3O3/c1-18-13-23(5-7-25(18)22-6-8-26-24(15-22)14-19(2)36-26)27-31-30(10-11-30)29(35)33(27)17-20-9-12-32(16-20)28(34)21-3-4-21/h5-8,13-15,20-21H,3-4,9-12,16-17H2,1-2H3/t20-/m1/s1. The van der Waals surface area contributed by atoms with Crippen LogP contribution in [0, 0.1) is 25.7 Å². The zero-order chi connectivity index (χ0) is 24.6. The van der Waals surface area contributed by atoms with Crippen molar-refractivity contribution in [3.8, 4) is 11.1 Å². The topological polar surface area (TPSA) is 66.1 Å². The zero-order valence-electron chi connectivity index (χ0n) is 20.9. The minimum Gasteiger partial charge on any atom is -0.461 e. The molecule has 2 aromatic carbocycles. The van der Waals surface area contributed by atoms with E-state index >= 15 is 0 Å². The number of amides is 2. The molecule has 2 amide bonds. The Hall–Kier alpha value is -3.41. The highest BCUT2D eigenvalue weighted by molar-refractivity contribution is 6.16. The molecular weight excluding hydrogens is 450 g/mol. The maximum absolute atomic E-state index is 13.4. The monoisotopic (exact) mass is 481 g/mol. The van der Waals surface area contributed by atoms with Crippen molar-refractivity contribution in [3.63, 3.8) is 0 Å². The van der Waals surface area contributed by atoms with Gasteiger partial charge in [0.05, 0.1) is 0 Å². The number of carbonyl (C=O) groups excluding carboxylic acids is 2. The van der Waals surface area contributed by atoms with E-state index in [1.807, 2.05) is 22.8 Å². The predicted octanol–water partition coefficient (Wildman–Crippen LogP) is 5.10. The van der Waals surface area contributed by atoms with Gasteiger partial charge in [-0.15, -0.1) is 0 Å². The fraction of sp³-hybridized carbons (Fsp3) is 0.433. The van der Waals surface area contributed by atoms with Crippen LogP contribution in [0.15, 0.2) is 51.9 Å². The Morgan fingerprint density at radius 2 is 1.86 bits per heavy atom. The van der Waals surface area contributed by atoms with E-state index < -0.39 is 5.54 Å². The predicted molar refractivity (Wildman–Crippen MR) is 139 cm³/mol. The first kappa shape index (κ1) is 21.8. The van der Waals surface area contributed by atoms with Crippen molar-refractivity contribution >= 4 is 28.6 Å². The summed E-state index contributed by atoms with van der Waals surface area (Å²) in [6, 6.07) is 14.8. The van der Waals surface area contributed by atoms with Gasteiger partial charge in [-0.25, -0.2) is 0 Å². The van der Waals surface area contributed by atoms with Gasteiger partial charge in [-0.2, -0.15) is 0 Å². The summed E-state index contributed by atoms with van der Waals surface area (Å²) in [5, 5.41) is 1.10. The van der Waals surface area contributed by atoms with Crippen LogP contribution in [0.25, 0.3) is 22.1 Å². The number of carbonyl (C=O) groups is 2. The number of aryl methyl sites for hydroxylation is 2. The van der Waals surface area contributed by atoms with Gasteiger partial charge in [-0.05, 0) is 92.8 Å². The van der Waals surface area contributed by atoms with Crippen molar-refractivity contribution < 1.29 is 14.0 Å². The van der Waals surface area contributed by atoms with Crippen molar-refractivity contribution in [3.05, 3.63) is 59.4 Å². The number of hydrogen-bond donors (Lipinski definition) is 0. The van der Waals surface area contributed by atoms with Gasteiger partial charge in [0.1, 0.15) is 22.7 Å². The van der Waals surface area contributed by atoms with E-state index in [4.69, 9.17) is 9.41 Å². The number of aliphatic imine (C=N–C) groups is 1. The van der Waals surface area contributed by atoms with Crippen LogP contribution >= 0.6 is 0 Å². The van der Waals surface area contributed by atoms with Gasteiger partial charge < -0.3 is 9.32 Å². The van der Waals surface area contributed by atoms with Crippen LogP contribution in [0.4, 0.5) is 0 Å². The summed E-state index contributed by atoms with van der Waals surface area (Å²) in [6.45, 7) is 6.30. The third-order valence-electron chi connectivity index (χ3n) is 8.34. The lowest BCUT2D eigenvalue weighted by molar-refractivity contribution is -0.131. The Morgan fingerprint density at radius 1 is 1.06 bits per heavy atom. The van der Waals surface area contributed by atoms with Crippen LogP contribution in [-0.4, -0.2) is 52.6 Å². The molecule has 1 atom stereocenters. The Labute approximate surface area is 211 Å². The van der Waals surface area contributed by atoms with Gasteiger partial charge in [-0.1, -0.05) is 18.2 Å². The molecule has 1 saturated heterocycles. The Kier molecular flexibility index (Phi) is 4.73. The summed E-state index contributed by atoms with van der Waals surface area (Å²) in [6.07, 6.45) is 4.70. The van der Waals surface area contributed by atoms with Crippen LogP contribution in [-0.2, 0) is 9.59 Å². The van der Waals surface area contributed by atoms with Crippen molar-refractivity contribution in [2.24, 2.45) is 16.8 Å². The molecule has 1 spiro atoms. The minimum atomic E-state index is -0.534. The van der Waals surface area contributed by atoms with Crippen LogP contribution < -0.4 is 0 Å². The van der Waals surface area contributed by atoms with Gasteiger partial charge in [0.15, 0.2) is 0 Å². The van der Waals surface area contributed by atoms with E-state index in [1.165, 1.54) is 5.56 Å². The van der Waals surface area contributed by atoms with E-state index in [0.29, 0.717) is 18.4 Å². The van der Waals surface area contributed by atoms with Crippen LogP contribution in [0.1, 0.15) is 49.0 Å². The van der Waals surface area contributed by atoms with Crippen molar-refractivity contribution in [2.45, 2.75) is 51.5 Å². The molecule has 4 aliphatic rings. The lowest BCUT2D eigenvalue weighted by Crippen LogP contribution is -2.41. The lowest BCUT2D eigenvalue weighted by atomic mass is 9.97. The SMILES string of the molecule is Cc1cc2cc(-c3ccc(C4=NC5(CC5)C(=O)N4C[C@@H]4CCN(C(=O)C5CC5)C4)cc3C)ccc2o1. The van der Waals surface area contributed by atoms with E-state index in [9.17, 15) is 9.59 Å². The number of furan rings is 1. The number of likely N-dealkylation sites (tertiary alicyclic amines) is 1. The van der Waals surface area contributed by atoms with E-state index in [0.717, 1.165) is 84.4 Å². The molecule has 0 radical (unpaired) electrons. The smallest absolute Gasteiger partial charge is 0.256 e. The number of hydrogen-bond acceptors (Lipinski definition) is 4. The number of fused-ring (bicyclic) bond motifs is 1. The molecule has 7 rings (SSSR count). The van der Waals surface area contributed by atoms with E-state index in [2.05, 4.69) is 43.3 Å². The average molecular weight is 482 g/mol. The first-order valence-corrected chi connectivity index (χ1v) is 13.2. The molecule has 0 bridgehead atoms. The Bertz CT molecular complexity index is 1440. The third kappa shape index (κ3) is 3.57. The molecule has 2 saturated carbocycles. The largest absolute Gasteiger partial charge is 0.461 e. The highest BCUT2D eigenvalue weighted by Crippen LogP contribution is 2.46. The van der Waals surface area contributed by atoms with Gasteiger partial charge in [0.2, 0.25) is 5.91 Å². The Balaban J connectivity index is 1.15. The fourth-order valence-electron chi connectivity index (χ4n) is 5.99. The fourth-order valence-corrected chi connectivity index (χ4v) is 5.99. The molecule has 0 unspecified atom stereocenters. The second kappa shape index (κ2) is 7.79. The first-order chi connectivity index (χ1) is 17.4. The molecule has 6 heteroatoms. The molecule has 3 aromatic rings. The summed E-state index contributed by atoms with van der Waals surface area (Å²) in [7, 11) is 0. The van der Waals surface area contributed by atoms with Gasteiger partial charge in [0.25, 0.3) is 5.91 Å². The molecule has 0 N–H and O–H groups in total. The second-order valence-electron chi connectivity index (χ2n) is 11.2. The maximum atomic E-state index is 13.4. The van der Waals surface area contributed by atoms with Crippen molar-refractivity contribution in [1.82, 2.24) is 9.80 Å². The van der Waals surface area contributed by atoms with Crippen LogP contribution in [0.5, 0.6) is 0 Å². The van der Waals surface area contributed by atoms with Crippen LogP contribution in [0.3, 0.4) is 0 Å². The third-order valence-corrected chi connectivity index (χ3v) is 8.34. The number of nitrogens with zero attached hydrogens (tertiary/aromatic N) is 3. The molecule has 1 aromatic heterocycles. The zero-order valence-corrected chi connectivity index (χ0v) is 20.9. The maximum Gasteiger partial charge on any atom is 0.256 e. The summed E-state index contributed by atoms with van der Waals surface area (Å²) < 4.78 is 5.74. The quantitative estimate of drug-likeness (QED) is 0.509. The number of rotatable bonds is 5. The molecule has 184 valence electrons. The summed E-state index contributed by atoms with van der Waals surface area (Å²) in [5.74, 6) is 2.74. The first-order valence-electron chi connectivity index (χ1n) is 13.2. The highest BCUT2D eigenvalue weighted by Gasteiger charge is 2.57. The summed E-state index contributed by atoms with van der Waals surface area (Å²) in [5.41, 5.74) is 4.84. The normalized spacial score (nSPS) is 22.7. The molecule has 3 heterocycles. The lowest BCUT2D eigenvalue weighted by Gasteiger charge is -2.24. The highest BCUT2D eigenvalue weighted by atomic mass is 16.3. The van der Waals surface area contributed by atoms with Gasteiger partial charge in [-0.3, -0.25) is 19.5 Å². The van der Waals surface area contributed by atoms with Crippen molar-refractivity contribution in [1.29, 1.82) is 0 Å². The van der Waals surface area contributed by atoms with E-state index in [-0.39, 0.29) is 11.8 Å². The molecule has 3 fully saturated rings. The molecule has 6 nitrogen and oxygen atoms in total. The summed E-state index contributed by atoms with van der Waals surface area (Å²) >= 11 is 0. The summed E-state index contributed by atoms with van der Waals surface area (Å²) in [4.78, 5) is 34.9. The Morgan fingerprint density at radius 3 is 2.61 bits per heavy atom. The molecule has 36 heavy (non-hydrogen) atoms. The van der Waals surface area contributed by atoms with Gasteiger partial charge >= 0.3 is 0 Å². The molecule has 2 aliphatic heterocycles. The number of benzene rings is 2. The van der Waals surface area contributed by atoms with Gasteiger partial charge in [0, 0.05) is 36.5 Å². The number of amidine groups is 1. The van der Waals surface area contributed by atoms with E-state index in [1.54, 1.807) is 0 Å². The average Bonchev–Trinajstić information content (AvgIpc) is 3.76. The second-order valence-corrected chi connectivity index (χ2v) is 11.2.